The quantitative estimate of drug-likeness (QED) is 0.450. The average molecular weight is 596 g/mol. The van der Waals surface area contributed by atoms with Crippen LogP contribution in [0.1, 0.15) is 36.8 Å². The van der Waals surface area contributed by atoms with Crippen LogP contribution in [0.15, 0.2) is 41.3 Å². The number of para-hydroxylation sites is 2. The number of fused-ring (bicyclic) bond motifs is 1. The smallest absolute Gasteiger partial charge is 0.265 e. The van der Waals surface area contributed by atoms with Gasteiger partial charge in [-0.05, 0) is 74.4 Å². The number of piperidine rings is 1. The molecule has 2 N–H and O–H groups in total. The highest BCUT2D eigenvalue weighted by Gasteiger charge is 2.43. The zero-order valence-electron chi connectivity index (χ0n) is 21.9. The summed E-state index contributed by atoms with van der Waals surface area (Å²) in [6.07, 6.45) is 2.03. The van der Waals surface area contributed by atoms with Gasteiger partial charge in [-0.15, -0.1) is 11.6 Å². The van der Waals surface area contributed by atoms with Gasteiger partial charge in [-0.1, -0.05) is 23.7 Å². The van der Waals surface area contributed by atoms with E-state index >= 15 is 0 Å². The number of alkyl halides is 1. The van der Waals surface area contributed by atoms with Gasteiger partial charge >= 0.3 is 0 Å². The molecule has 0 spiro atoms. The SMILES string of the molecule is Cc1cc(Cl)cc(C)c1S(=O)(=O)N1c2ccccc2NC(=O)C1CC(=O)NCCC1CCN(C(=O)CCl)CC1. The van der Waals surface area contributed by atoms with Gasteiger partial charge in [0.15, 0.2) is 0 Å². The van der Waals surface area contributed by atoms with Gasteiger partial charge in [-0.2, -0.15) is 0 Å². The number of hydrogen-bond acceptors (Lipinski definition) is 5. The van der Waals surface area contributed by atoms with E-state index in [1.165, 1.54) is 0 Å². The van der Waals surface area contributed by atoms with Gasteiger partial charge < -0.3 is 15.5 Å². The minimum Gasteiger partial charge on any atom is -0.356 e. The minimum atomic E-state index is -4.24. The van der Waals surface area contributed by atoms with Gasteiger partial charge in [0.2, 0.25) is 17.7 Å². The number of likely N-dealkylation sites (tertiary alicyclic amines) is 1. The molecule has 4 rings (SSSR count). The number of carbonyl (C=O) groups is 3. The number of halogens is 2. The summed E-state index contributed by atoms with van der Waals surface area (Å²) in [5, 5.41) is 6.00. The molecule has 12 heteroatoms. The Labute approximate surface area is 238 Å². The normalized spacial score (nSPS) is 17.9. The monoisotopic (exact) mass is 594 g/mol. The van der Waals surface area contributed by atoms with Crippen molar-refractivity contribution in [1.82, 2.24) is 10.2 Å². The fourth-order valence-electron chi connectivity index (χ4n) is 5.36. The van der Waals surface area contributed by atoms with E-state index in [1.54, 1.807) is 55.1 Å². The summed E-state index contributed by atoms with van der Waals surface area (Å²) in [7, 11) is -4.24. The molecule has 3 amide bonds. The molecule has 2 aliphatic rings. The van der Waals surface area contributed by atoms with Crippen molar-refractivity contribution in [3.63, 3.8) is 0 Å². The van der Waals surface area contributed by atoms with Crippen LogP contribution in [0, 0.1) is 19.8 Å². The van der Waals surface area contributed by atoms with E-state index < -0.39 is 27.9 Å². The van der Waals surface area contributed by atoms with Crippen LogP contribution >= 0.6 is 23.2 Å². The number of carbonyl (C=O) groups excluding carboxylic acids is 3. The third-order valence-electron chi connectivity index (χ3n) is 7.26. The Kier molecular flexibility index (Phi) is 9.08. The van der Waals surface area contributed by atoms with E-state index in [9.17, 15) is 22.8 Å². The number of amides is 3. The number of nitrogens with one attached hydrogen (secondary N) is 2. The lowest BCUT2D eigenvalue weighted by molar-refractivity contribution is -0.129. The van der Waals surface area contributed by atoms with Gasteiger partial charge in [0.1, 0.15) is 11.9 Å². The van der Waals surface area contributed by atoms with Crippen molar-refractivity contribution in [2.75, 3.05) is 35.1 Å². The first-order valence-corrected chi connectivity index (χ1v) is 15.2. The molecule has 2 aromatic rings. The fraction of sp³-hybridized carbons (Fsp3) is 0.444. The maximum absolute atomic E-state index is 14.1. The third-order valence-corrected chi connectivity index (χ3v) is 9.84. The number of aryl methyl sites for hydroxylation is 2. The Morgan fingerprint density at radius 2 is 1.74 bits per heavy atom. The molecule has 2 heterocycles. The first-order valence-electron chi connectivity index (χ1n) is 12.8. The minimum absolute atomic E-state index is 0.0240. The molecule has 1 unspecified atom stereocenters. The largest absolute Gasteiger partial charge is 0.356 e. The van der Waals surface area contributed by atoms with Crippen molar-refractivity contribution < 1.29 is 22.8 Å². The molecular weight excluding hydrogens is 563 g/mol. The van der Waals surface area contributed by atoms with E-state index in [0.717, 1.165) is 23.6 Å². The molecule has 2 aromatic carbocycles. The van der Waals surface area contributed by atoms with Crippen LogP contribution < -0.4 is 14.9 Å². The molecule has 0 radical (unpaired) electrons. The Morgan fingerprint density at radius 3 is 2.38 bits per heavy atom. The second-order valence-electron chi connectivity index (χ2n) is 9.99. The lowest BCUT2D eigenvalue weighted by atomic mass is 9.93. The van der Waals surface area contributed by atoms with Gasteiger partial charge in [-0.25, -0.2) is 8.42 Å². The second-order valence-corrected chi connectivity index (χ2v) is 12.4. The van der Waals surface area contributed by atoms with E-state index in [2.05, 4.69) is 10.6 Å². The lowest BCUT2D eigenvalue weighted by Crippen LogP contribution is -2.53. The van der Waals surface area contributed by atoms with Crippen LogP contribution in [0.5, 0.6) is 0 Å². The lowest BCUT2D eigenvalue weighted by Gasteiger charge is -2.37. The zero-order chi connectivity index (χ0) is 28.3. The summed E-state index contributed by atoms with van der Waals surface area (Å²) >= 11 is 11.8. The van der Waals surface area contributed by atoms with Gasteiger partial charge in [0.25, 0.3) is 10.0 Å². The summed E-state index contributed by atoms with van der Waals surface area (Å²) in [5.41, 5.74) is 1.55. The standard InChI is InChI=1S/C27H32Cl2N4O5S/c1-17-13-20(29)14-18(2)26(17)39(37,38)33-22-6-4-3-5-21(22)31-27(36)23(33)15-24(34)30-10-7-19-8-11-32(12-9-19)25(35)16-28/h3-6,13-14,19,23H,7-12,15-16H2,1-2H3,(H,30,34)(H,31,36). The number of anilines is 2. The molecular formula is C27H32Cl2N4O5S. The van der Waals surface area contributed by atoms with Gasteiger partial charge in [0.05, 0.1) is 22.7 Å². The maximum Gasteiger partial charge on any atom is 0.265 e. The van der Waals surface area contributed by atoms with E-state index in [-0.39, 0.29) is 23.1 Å². The fourth-order valence-corrected chi connectivity index (χ4v) is 7.90. The molecule has 0 saturated carbocycles. The number of hydrogen-bond donors (Lipinski definition) is 2. The van der Waals surface area contributed by atoms with E-state index in [4.69, 9.17) is 23.2 Å². The molecule has 1 saturated heterocycles. The van der Waals surface area contributed by atoms with E-state index in [1.807, 2.05) is 0 Å². The van der Waals surface area contributed by atoms with Crippen molar-refractivity contribution in [3.05, 3.63) is 52.5 Å². The summed E-state index contributed by atoms with van der Waals surface area (Å²) in [5.74, 6) is -0.743. The van der Waals surface area contributed by atoms with Crippen LogP contribution in [-0.2, 0) is 24.4 Å². The van der Waals surface area contributed by atoms with Crippen LogP contribution in [0.25, 0.3) is 0 Å². The highest BCUT2D eigenvalue weighted by Crippen LogP contribution is 2.39. The summed E-state index contributed by atoms with van der Waals surface area (Å²) < 4.78 is 29.2. The zero-order valence-corrected chi connectivity index (χ0v) is 24.2. The number of sulfonamides is 1. The molecule has 2 aliphatic heterocycles. The van der Waals surface area contributed by atoms with Crippen molar-refractivity contribution in [2.24, 2.45) is 5.92 Å². The van der Waals surface area contributed by atoms with E-state index in [0.29, 0.717) is 53.1 Å². The summed E-state index contributed by atoms with van der Waals surface area (Å²) in [6, 6.07) is 8.47. The predicted octanol–water partition coefficient (Wildman–Crippen LogP) is 3.85. The maximum atomic E-state index is 14.1. The highest BCUT2D eigenvalue weighted by atomic mass is 35.5. The van der Waals surface area contributed by atoms with Gasteiger partial charge in [-0.3, -0.25) is 18.7 Å². The number of nitrogens with zero attached hydrogens (tertiary/aromatic N) is 2. The predicted molar refractivity (Wildman–Crippen MR) is 152 cm³/mol. The van der Waals surface area contributed by atoms with Crippen LogP contribution in [-0.4, -0.2) is 62.6 Å². The molecule has 9 nitrogen and oxygen atoms in total. The second kappa shape index (κ2) is 12.1. The Hall–Kier alpha value is -2.82. The summed E-state index contributed by atoms with van der Waals surface area (Å²) in [4.78, 5) is 39.7. The molecule has 0 bridgehead atoms. The Balaban J connectivity index is 1.50. The van der Waals surface area contributed by atoms with Crippen LogP contribution in [0.2, 0.25) is 5.02 Å². The first-order chi connectivity index (χ1) is 18.5. The highest BCUT2D eigenvalue weighted by molar-refractivity contribution is 7.93. The molecule has 1 fully saturated rings. The third kappa shape index (κ3) is 6.34. The van der Waals surface area contributed by atoms with Crippen molar-refractivity contribution in [2.45, 2.75) is 50.5 Å². The van der Waals surface area contributed by atoms with Crippen LogP contribution in [0.4, 0.5) is 11.4 Å². The average Bonchev–Trinajstić information content (AvgIpc) is 2.88. The molecule has 0 aliphatic carbocycles. The molecule has 1 atom stereocenters. The Morgan fingerprint density at radius 1 is 1.10 bits per heavy atom. The molecule has 39 heavy (non-hydrogen) atoms. The van der Waals surface area contributed by atoms with Crippen molar-refractivity contribution in [1.29, 1.82) is 0 Å². The summed E-state index contributed by atoms with van der Waals surface area (Å²) in [6.45, 7) is 4.98. The number of rotatable bonds is 8. The Bertz CT molecular complexity index is 1350. The van der Waals surface area contributed by atoms with Crippen molar-refractivity contribution >= 4 is 62.3 Å². The van der Waals surface area contributed by atoms with Crippen LogP contribution in [0.3, 0.4) is 0 Å². The molecule has 0 aromatic heterocycles. The number of benzene rings is 2. The molecule has 210 valence electrons. The topological polar surface area (TPSA) is 116 Å². The van der Waals surface area contributed by atoms with Gasteiger partial charge in [0, 0.05) is 24.7 Å². The first kappa shape index (κ1) is 29.2. The van der Waals surface area contributed by atoms with Crippen molar-refractivity contribution in [3.8, 4) is 0 Å².